The van der Waals surface area contributed by atoms with Crippen LogP contribution in [0, 0.1) is 5.92 Å². The maximum atomic E-state index is 12.5. The molecule has 3 amide bonds. The average Bonchev–Trinajstić information content (AvgIpc) is 3.13. The highest BCUT2D eigenvalue weighted by atomic mass is 16.5. The van der Waals surface area contributed by atoms with Gasteiger partial charge in [-0.05, 0) is 25.3 Å². The molecule has 2 aliphatic rings. The van der Waals surface area contributed by atoms with Crippen LogP contribution < -0.4 is 5.32 Å². The second-order valence-electron chi connectivity index (χ2n) is 8.44. The molecule has 3 heterocycles. The molecule has 9 heteroatoms. The average molecular weight is 418 g/mol. The van der Waals surface area contributed by atoms with Crippen molar-refractivity contribution in [2.75, 3.05) is 26.2 Å². The number of carbonyl (C=O) groups excluding carboxylic acids is 3. The minimum absolute atomic E-state index is 0.0542. The standard InChI is InChI=1S/C21H31N5O4/c1-6-19(24-7-8-30-21(5,12-24)14(2)3)25-10-16(22-13-25)9-17-20(29)26(15(4)27)11-18(28)23-17/h9-10,13-14,19H,6-8,11-12H2,1-5H3,(H,23,28)/b17-9-/t19?,21-/m1/s1. The summed E-state index contributed by atoms with van der Waals surface area (Å²) in [7, 11) is 0. The van der Waals surface area contributed by atoms with Crippen LogP contribution in [0.4, 0.5) is 0 Å². The molecule has 1 aromatic heterocycles. The van der Waals surface area contributed by atoms with Crippen molar-refractivity contribution in [2.45, 2.75) is 52.8 Å². The van der Waals surface area contributed by atoms with Crippen LogP contribution >= 0.6 is 0 Å². The summed E-state index contributed by atoms with van der Waals surface area (Å²) in [5.74, 6) is -0.989. The van der Waals surface area contributed by atoms with Crippen molar-refractivity contribution in [2.24, 2.45) is 5.92 Å². The van der Waals surface area contributed by atoms with E-state index in [1.807, 2.05) is 10.8 Å². The smallest absolute Gasteiger partial charge is 0.277 e. The number of amides is 3. The normalized spacial score (nSPS) is 25.7. The Morgan fingerprint density at radius 3 is 2.77 bits per heavy atom. The number of imidazole rings is 1. The molecule has 0 aromatic carbocycles. The molecule has 2 aliphatic heterocycles. The molecule has 2 fully saturated rings. The number of aromatic nitrogens is 2. The Labute approximate surface area is 177 Å². The quantitative estimate of drug-likeness (QED) is 0.727. The van der Waals surface area contributed by atoms with Gasteiger partial charge in [-0.25, -0.2) is 4.98 Å². The van der Waals surface area contributed by atoms with Crippen molar-refractivity contribution in [1.29, 1.82) is 0 Å². The van der Waals surface area contributed by atoms with Gasteiger partial charge >= 0.3 is 0 Å². The Kier molecular flexibility index (Phi) is 6.42. The minimum atomic E-state index is -0.524. The highest BCUT2D eigenvalue weighted by Crippen LogP contribution is 2.30. The Morgan fingerprint density at radius 1 is 1.40 bits per heavy atom. The van der Waals surface area contributed by atoms with Crippen LogP contribution in [0.25, 0.3) is 6.08 Å². The summed E-state index contributed by atoms with van der Waals surface area (Å²) < 4.78 is 8.08. The largest absolute Gasteiger partial charge is 0.372 e. The van der Waals surface area contributed by atoms with Crippen molar-refractivity contribution in [1.82, 2.24) is 24.7 Å². The second-order valence-corrected chi connectivity index (χ2v) is 8.44. The Balaban J connectivity index is 1.80. The van der Waals surface area contributed by atoms with Gasteiger partial charge in [-0.2, -0.15) is 0 Å². The van der Waals surface area contributed by atoms with Gasteiger partial charge in [-0.3, -0.25) is 24.2 Å². The molecule has 0 saturated carbocycles. The first-order chi connectivity index (χ1) is 14.1. The van der Waals surface area contributed by atoms with Crippen LogP contribution in [0.5, 0.6) is 0 Å². The van der Waals surface area contributed by atoms with E-state index in [1.165, 1.54) is 13.0 Å². The molecular formula is C21H31N5O4. The number of hydrogen-bond donors (Lipinski definition) is 1. The number of imide groups is 1. The van der Waals surface area contributed by atoms with E-state index in [0.29, 0.717) is 18.2 Å². The van der Waals surface area contributed by atoms with E-state index < -0.39 is 17.7 Å². The van der Waals surface area contributed by atoms with Gasteiger partial charge in [0.2, 0.25) is 11.8 Å². The van der Waals surface area contributed by atoms with E-state index in [1.54, 1.807) is 6.33 Å². The number of ether oxygens (including phenoxy) is 1. The monoisotopic (exact) mass is 417 g/mol. The molecule has 30 heavy (non-hydrogen) atoms. The van der Waals surface area contributed by atoms with Gasteiger partial charge in [-0.15, -0.1) is 0 Å². The maximum absolute atomic E-state index is 12.5. The van der Waals surface area contributed by atoms with Gasteiger partial charge in [-0.1, -0.05) is 20.8 Å². The zero-order valence-corrected chi connectivity index (χ0v) is 18.3. The molecule has 0 aliphatic carbocycles. The first kappa shape index (κ1) is 22.2. The van der Waals surface area contributed by atoms with Gasteiger partial charge in [0.15, 0.2) is 0 Å². The molecule has 1 N–H and O–H groups in total. The van der Waals surface area contributed by atoms with E-state index in [2.05, 4.69) is 42.9 Å². The number of nitrogens with one attached hydrogen (secondary N) is 1. The van der Waals surface area contributed by atoms with E-state index in [-0.39, 0.29) is 24.0 Å². The van der Waals surface area contributed by atoms with E-state index in [4.69, 9.17) is 4.74 Å². The van der Waals surface area contributed by atoms with E-state index in [0.717, 1.165) is 24.4 Å². The summed E-state index contributed by atoms with van der Waals surface area (Å²) in [6.07, 6.45) is 6.09. The zero-order chi connectivity index (χ0) is 22.1. The van der Waals surface area contributed by atoms with Gasteiger partial charge in [0.25, 0.3) is 5.91 Å². The van der Waals surface area contributed by atoms with E-state index >= 15 is 0 Å². The van der Waals surface area contributed by atoms with Gasteiger partial charge in [0, 0.05) is 26.2 Å². The Hall–Kier alpha value is -2.52. The highest BCUT2D eigenvalue weighted by Gasteiger charge is 2.37. The molecular weight excluding hydrogens is 386 g/mol. The maximum Gasteiger partial charge on any atom is 0.277 e. The fourth-order valence-corrected chi connectivity index (χ4v) is 3.88. The highest BCUT2D eigenvalue weighted by molar-refractivity contribution is 6.12. The fraction of sp³-hybridized carbons (Fsp3) is 0.619. The summed E-state index contributed by atoms with van der Waals surface area (Å²) in [6.45, 7) is 12.0. The van der Waals surface area contributed by atoms with Gasteiger partial charge in [0.05, 0.1) is 30.4 Å². The minimum Gasteiger partial charge on any atom is -0.372 e. The lowest BCUT2D eigenvalue weighted by molar-refractivity contribution is -0.147. The third kappa shape index (κ3) is 4.46. The lowest BCUT2D eigenvalue weighted by Gasteiger charge is -2.46. The fourth-order valence-electron chi connectivity index (χ4n) is 3.88. The summed E-state index contributed by atoms with van der Waals surface area (Å²) in [5, 5.41) is 2.54. The predicted molar refractivity (Wildman–Crippen MR) is 111 cm³/mol. The van der Waals surface area contributed by atoms with Crippen LogP contribution in [0.1, 0.15) is 52.9 Å². The SMILES string of the molecule is CCC(N1CCO[C@@](C)(C(C)C)C1)n1cnc(/C=C2\NC(=O)CN(C(C)=O)C2=O)c1. The first-order valence-electron chi connectivity index (χ1n) is 10.4. The molecule has 2 atom stereocenters. The molecule has 3 rings (SSSR count). The predicted octanol–water partition coefficient (Wildman–Crippen LogP) is 1.38. The molecule has 0 bridgehead atoms. The van der Waals surface area contributed by atoms with Crippen LogP contribution in [-0.2, 0) is 19.1 Å². The van der Waals surface area contributed by atoms with Crippen molar-refractivity contribution in [3.05, 3.63) is 23.9 Å². The molecule has 9 nitrogen and oxygen atoms in total. The summed E-state index contributed by atoms with van der Waals surface area (Å²) >= 11 is 0. The van der Waals surface area contributed by atoms with Crippen LogP contribution in [-0.4, -0.2) is 68.9 Å². The van der Waals surface area contributed by atoms with Crippen molar-refractivity contribution in [3.63, 3.8) is 0 Å². The van der Waals surface area contributed by atoms with Gasteiger partial charge in [0.1, 0.15) is 12.2 Å². The van der Waals surface area contributed by atoms with Gasteiger partial charge < -0.3 is 14.6 Å². The number of nitrogens with zero attached hydrogens (tertiary/aromatic N) is 4. The summed E-state index contributed by atoms with van der Waals surface area (Å²) in [6, 6.07) is 0. The molecule has 164 valence electrons. The van der Waals surface area contributed by atoms with Crippen molar-refractivity contribution in [3.8, 4) is 0 Å². The molecule has 1 unspecified atom stereocenters. The molecule has 0 spiro atoms. The van der Waals surface area contributed by atoms with Crippen LogP contribution in [0.15, 0.2) is 18.2 Å². The molecule has 2 saturated heterocycles. The van der Waals surface area contributed by atoms with Crippen molar-refractivity contribution < 1.29 is 19.1 Å². The summed E-state index contributed by atoms with van der Waals surface area (Å²) in [5.41, 5.74) is 0.396. The third-order valence-electron chi connectivity index (χ3n) is 6.02. The third-order valence-corrected chi connectivity index (χ3v) is 6.02. The topological polar surface area (TPSA) is 96.8 Å². The lowest BCUT2D eigenvalue weighted by atomic mass is 9.90. The Morgan fingerprint density at radius 2 is 2.13 bits per heavy atom. The van der Waals surface area contributed by atoms with Crippen LogP contribution in [0.2, 0.25) is 0 Å². The second kappa shape index (κ2) is 8.69. The molecule has 0 radical (unpaired) electrons. The Bertz CT molecular complexity index is 861. The van der Waals surface area contributed by atoms with Crippen LogP contribution in [0.3, 0.4) is 0 Å². The zero-order valence-electron chi connectivity index (χ0n) is 18.3. The first-order valence-corrected chi connectivity index (χ1v) is 10.4. The lowest BCUT2D eigenvalue weighted by Crippen LogP contribution is -2.54. The number of hydrogen-bond acceptors (Lipinski definition) is 6. The van der Waals surface area contributed by atoms with Crippen molar-refractivity contribution >= 4 is 23.8 Å². The molecule has 1 aromatic rings. The number of carbonyl (C=O) groups is 3. The number of piperazine rings is 1. The number of rotatable bonds is 5. The van der Waals surface area contributed by atoms with E-state index in [9.17, 15) is 14.4 Å². The number of morpholine rings is 1. The summed E-state index contributed by atoms with van der Waals surface area (Å²) in [4.78, 5) is 43.7.